The summed E-state index contributed by atoms with van der Waals surface area (Å²) < 4.78 is 11.3. The monoisotopic (exact) mass is 1090 g/mol. The van der Waals surface area contributed by atoms with Crippen LogP contribution in [0.2, 0.25) is 0 Å². The summed E-state index contributed by atoms with van der Waals surface area (Å²) in [4.78, 5) is 13.1. The van der Waals surface area contributed by atoms with E-state index in [1.54, 1.807) is 6.08 Å². The lowest BCUT2D eigenvalue weighted by molar-refractivity contribution is -0.302. The smallest absolute Gasteiger partial charge is 0.220 e. The number of allylic oxidation sites excluding steroid dienone is 21. The SMILES string of the molecule is CC/C=C\C/C=C\C/C=C\C/C=C\C/C=C\C/C=C\C/C=C\C/C=C\C/C=C\CCCCCC(=O)NC(COC1OC(CO)C(O)C(O)C1O)C(O)/C=C/CC/C=C/CCCCCCCCCCCCCCCCCCCC. The summed E-state index contributed by atoms with van der Waals surface area (Å²) in [5, 5.41) is 54.6. The van der Waals surface area contributed by atoms with E-state index in [0.29, 0.717) is 6.42 Å². The first kappa shape index (κ1) is 72.3. The van der Waals surface area contributed by atoms with Crippen LogP contribution < -0.4 is 5.32 Å². The Morgan fingerprint density at radius 1 is 0.449 bits per heavy atom. The van der Waals surface area contributed by atoms with Gasteiger partial charge in [-0.1, -0.05) is 263 Å². The van der Waals surface area contributed by atoms with Crippen LogP contribution in [-0.2, 0) is 14.3 Å². The van der Waals surface area contributed by atoms with Gasteiger partial charge in [-0.3, -0.25) is 4.79 Å². The van der Waals surface area contributed by atoms with Crippen molar-refractivity contribution in [3.05, 3.63) is 134 Å². The molecule has 7 atom stereocenters. The molecule has 0 aromatic heterocycles. The summed E-state index contributed by atoms with van der Waals surface area (Å²) >= 11 is 0. The molecule has 9 heteroatoms. The van der Waals surface area contributed by atoms with Gasteiger partial charge in [0, 0.05) is 6.42 Å². The predicted molar refractivity (Wildman–Crippen MR) is 331 cm³/mol. The van der Waals surface area contributed by atoms with Crippen molar-refractivity contribution >= 4 is 5.91 Å². The van der Waals surface area contributed by atoms with Crippen LogP contribution in [-0.4, -0.2) is 87.5 Å². The maximum atomic E-state index is 13.1. The number of aliphatic hydroxyl groups excluding tert-OH is 5. The van der Waals surface area contributed by atoms with Gasteiger partial charge in [-0.05, 0) is 103 Å². The molecule has 7 unspecified atom stereocenters. The molecule has 1 fully saturated rings. The van der Waals surface area contributed by atoms with Crippen LogP contribution in [0.5, 0.6) is 0 Å². The highest BCUT2D eigenvalue weighted by Gasteiger charge is 2.44. The second kappa shape index (κ2) is 56.6. The van der Waals surface area contributed by atoms with Crippen molar-refractivity contribution in [2.45, 2.75) is 281 Å². The van der Waals surface area contributed by atoms with Gasteiger partial charge in [-0.25, -0.2) is 0 Å². The Morgan fingerprint density at radius 3 is 1.23 bits per heavy atom. The van der Waals surface area contributed by atoms with Crippen LogP contribution in [0.3, 0.4) is 0 Å². The highest BCUT2D eigenvalue weighted by Crippen LogP contribution is 2.23. The van der Waals surface area contributed by atoms with Crippen molar-refractivity contribution in [3.63, 3.8) is 0 Å². The number of unbranched alkanes of at least 4 members (excludes halogenated alkanes) is 22. The number of carbonyl (C=O) groups excluding carboxylic acids is 1. The molecule has 1 amide bonds. The molecule has 78 heavy (non-hydrogen) atoms. The molecule has 0 spiro atoms. The van der Waals surface area contributed by atoms with E-state index in [2.05, 4.69) is 141 Å². The third kappa shape index (κ3) is 45.1. The maximum Gasteiger partial charge on any atom is 0.220 e. The van der Waals surface area contributed by atoms with Crippen molar-refractivity contribution in [2.75, 3.05) is 13.2 Å². The molecule has 1 saturated heterocycles. The standard InChI is InChI=1S/C69H115NO8/c1-3-5-7-9-11-13-15-17-19-21-23-25-27-29-30-31-32-33-34-35-37-39-41-43-45-47-49-51-53-55-57-59-65(73)70-62(61-77-69-68(76)67(75)66(74)64(60-71)78-69)63(72)58-56-54-52-50-48-46-44-42-40-38-36-28-26-24-22-20-18-16-14-12-10-8-6-4-2/h5,7,11,13,17,19,23,25,29-30,32-33,35,37,41,43,47-50,56,58,62-64,66-69,71-72,74-76H,3-4,6,8-10,12,14-16,18,20-22,24,26-28,31,34,36,38-40,42,44-46,51-55,57,59-61H2,1-2H3,(H,70,73)/b7-5-,13-11-,19-17-,25-23-,30-29-,33-32-,37-35-,43-41-,49-47-,50-48+,58-56+. The predicted octanol–water partition coefficient (Wildman–Crippen LogP) is 16.5. The molecule has 0 aromatic rings. The number of hydrogen-bond acceptors (Lipinski definition) is 8. The molecule has 1 heterocycles. The topological polar surface area (TPSA) is 149 Å². The van der Waals surface area contributed by atoms with Crippen LogP contribution >= 0.6 is 0 Å². The summed E-state index contributed by atoms with van der Waals surface area (Å²) in [6.07, 6.45) is 79.5. The zero-order valence-corrected chi connectivity index (χ0v) is 49.4. The summed E-state index contributed by atoms with van der Waals surface area (Å²) in [6.45, 7) is 3.64. The average Bonchev–Trinajstić information content (AvgIpc) is 3.45. The second-order valence-corrected chi connectivity index (χ2v) is 21.1. The van der Waals surface area contributed by atoms with Crippen molar-refractivity contribution in [3.8, 4) is 0 Å². The Labute approximate surface area is 477 Å². The molecule has 1 aliphatic rings. The molecule has 444 valence electrons. The van der Waals surface area contributed by atoms with Gasteiger partial charge in [0.15, 0.2) is 6.29 Å². The number of amides is 1. The van der Waals surface area contributed by atoms with Gasteiger partial charge < -0.3 is 40.3 Å². The molecule has 9 nitrogen and oxygen atoms in total. The number of carbonyl (C=O) groups is 1. The third-order valence-electron chi connectivity index (χ3n) is 14.0. The Morgan fingerprint density at radius 2 is 0.808 bits per heavy atom. The first-order valence-corrected chi connectivity index (χ1v) is 31.4. The van der Waals surface area contributed by atoms with E-state index in [0.717, 1.165) is 96.3 Å². The van der Waals surface area contributed by atoms with E-state index in [-0.39, 0.29) is 18.9 Å². The minimum Gasteiger partial charge on any atom is -0.394 e. The van der Waals surface area contributed by atoms with Crippen LogP contribution in [0, 0.1) is 0 Å². The Bertz CT molecular complexity index is 1690. The average molecular weight is 1090 g/mol. The fourth-order valence-electron chi connectivity index (χ4n) is 9.05. The first-order chi connectivity index (χ1) is 38.3. The fourth-order valence-corrected chi connectivity index (χ4v) is 9.05. The maximum absolute atomic E-state index is 13.1. The van der Waals surface area contributed by atoms with Gasteiger partial charge in [0.1, 0.15) is 24.4 Å². The number of hydrogen-bond donors (Lipinski definition) is 6. The molecule has 0 bridgehead atoms. The summed E-state index contributed by atoms with van der Waals surface area (Å²) in [6, 6.07) is -0.852. The molecule has 0 saturated carbocycles. The zero-order chi connectivity index (χ0) is 56.5. The Balaban J connectivity index is 2.28. The van der Waals surface area contributed by atoms with Crippen LogP contribution in [0.25, 0.3) is 0 Å². The number of aliphatic hydroxyl groups is 5. The zero-order valence-electron chi connectivity index (χ0n) is 49.4. The minimum atomic E-state index is -1.59. The molecule has 0 radical (unpaired) electrons. The van der Waals surface area contributed by atoms with Gasteiger partial charge in [0.2, 0.25) is 5.91 Å². The minimum absolute atomic E-state index is 0.223. The summed E-state index contributed by atoms with van der Waals surface area (Å²) in [5.41, 5.74) is 0. The molecule has 6 N–H and O–H groups in total. The van der Waals surface area contributed by atoms with E-state index in [1.165, 1.54) is 116 Å². The van der Waals surface area contributed by atoms with E-state index >= 15 is 0 Å². The van der Waals surface area contributed by atoms with Crippen LogP contribution in [0.4, 0.5) is 0 Å². The van der Waals surface area contributed by atoms with Crippen LogP contribution in [0.15, 0.2) is 134 Å². The molecule has 0 aliphatic carbocycles. The molecular weight excluding hydrogens is 971 g/mol. The van der Waals surface area contributed by atoms with Crippen molar-refractivity contribution in [1.82, 2.24) is 5.32 Å². The highest BCUT2D eigenvalue weighted by molar-refractivity contribution is 5.76. The lowest BCUT2D eigenvalue weighted by atomic mass is 9.99. The normalized spacial score (nSPS) is 19.6. The van der Waals surface area contributed by atoms with Gasteiger partial charge in [0.05, 0.1) is 25.4 Å². The molecule has 1 aliphatic heterocycles. The second-order valence-electron chi connectivity index (χ2n) is 21.1. The summed E-state index contributed by atoms with van der Waals surface area (Å²) in [5.74, 6) is -0.223. The highest BCUT2D eigenvalue weighted by atomic mass is 16.7. The van der Waals surface area contributed by atoms with Crippen molar-refractivity contribution < 1.29 is 39.8 Å². The lowest BCUT2D eigenvalue weighted by Crippen LogP contribution is -2.60. The number of rotatable bonds is 52. The van der Waals surface area contributed by atoms with E-state index in [1.807, 2.05) is 6.08 Å². The summed E-state index contributed by atoms with van der Waals surface area (Å²) in [7, 11) is 0. The molecular formula is C69H115NO8. The Hall–Kier alpha value is -3.67. The van der Waals surface area contributed by atoms with E-state index < -0.39 is 49.5 Å². The van der Waals surface area contributed by atoms with Gasteiger partial charge >= 0.3 is 0 Å². The van der Waals surface area contributed by atoms with Gasteiger partial charge in [0.25, 0.3) is 0 Å². The lowest BCUT2D eigenvalue weighted by Gasteiger charge is -2.40. The van der Waals surface area contributed by atoms with Crippen molar-refractivity contribution in [1.29, 1.82) is 0 Å². The fraction of sp³-hybridized carbons (Fsp3) is 0.667. The van der Waals surface area contributed by atoms with E-state index in [9.17, 15) is 30.3 Å². The third-order valence-corrected chi connectivity index (χ3v) is 14.0. The number of ether oxygens (including phenoxy) is 2. The molecule has 0 aromatic carbocycles. The van der Waals surface area contributed by atoms with Crippen molar-refractivity contribution in [2.24, 2.45) is 0 Å². The Kier molecular flexibility index (Phi) is 52.5. The van der Waals surface area contributed by atoms with E-state index in [4.69, 9.17) is 9.47 Å². The largest absolute Gasteiger partial charge is 0.394 e. The van der Waals surface area contributed by atoms with Crippen LogP contribution in [0.1, 0.15) is 239 Å². The quantitative estimate of drug-likeness (QED) is 0.0261. The van der Waals surface area contributed by atoms with Gasteiger partial charge in [-0.2, -0.15) is 0 Å². The first-order valence-electron chi connectivity index (χ1n) is 31.4. The number of nitrogens with one attached hydrogen (secondary N) is 1. The molecule has 1 rings (SSSR count). The van der Waals surface area contributed by atoms with Gasteiger partial charge in [-0.15, -0.1) is 0 Å².